The molecule has 1 heterocycles. The van der Waals surface area contributed by atoms with Crippen LogP contribution in [0.25, 0.3) is 11.4 Å². The molecular formula is C9H8KN3S. The van der Waals surface area contributed by atoms with Gasteiger partial charge in [-0.25, -0.2) is 0 Å². The van der Waals surface area contributed by atoms with Gasteiger partial charge in [-0.3, -0.25) is 0 Å². The Morgan fingerprint density at radius 3 is 2.29 bits per heavy atom. The fourth-order valence-electron chi connectivity index (χ4n) is 1.15. The van der Waals surface area contributed by atoms with E-state index in [9.17, 15) is 0 Å². The van der Waals surface area contributed by atoms with E-state index in [2.05, 4.69) is 10.2 Å². The topological polar surface area (TPSA) is 30.7 Å². The molecule has 1 aromatic heterocycles. The van der Waals surface area contributed by atoms with E-state index in [1.54, 1.807) is 4.57 Å². The molecular weight excluding hydrogens is 221 g/mol. The summed E-state index contributed by atoms with van der Waals surface area (Å²) in [6.07, 6.45) is 0. The molecule has 0 saturated carbocycles. The zero-order valence-electron chi connectivity index (χ0n) is 8.14. The van der Waals surface area contributed by atoms with Crippen LogP contribution in [0.2, 0.25) is 0 Å². The van der Waals surface area contributed by atoms with Crippen LogP contribution in [-0.4, -0.2) is 14.8 Å². The number of hydrogen-bond acceptors (Lipinski definition) is 3. The van der Waals surface area contributed by atoms with E-state index in [4.69, 9.17) is 12.6 Å². The van der Waals surface area contributed by atoms with Crippen molar-refractivity contribution in [3.8, 4) is 11.4 Å². The molecule has 0 unspecified atom stereocenters. The third-order valence-electron chi connectivity index (χ3n) is 1.87. The van der Waals surface area contributed by atoms with Gasteiger partial charge in [0.25, 0.3) is 0 Å². The summed E-state index contributed by atoms with van der Waals surface area (Å²) in [6.45, 7) is 0. The Kier molecular flexibility index (Phi) is 4.69. The molecule has 0 aliphatic carbocycles. The van der Waals surface area contributed by atoms with Crippen molar-refractivity contribution >= 4 is 12.6 Å². The number of nitrogens with zero attached hydrogens (tertiary/aromatic N) is 3. The Balaban J connectivity index is 0.000000980. The molecule has 2 aromatic rings. The van der Waals surface area contributed by atoms with Gasteiger partial charge in [0.15, 0.2) is 5.82 Å². The Morgan fingerprint density at radius 1 is 1.14 bits per heavy atom. The molecule has 0 spiro atoms. The molecule has 5 heteroatoms. The van der Waals surface area contributed by atoms with Gasteiger partial charge in [-0.15, -0.1) is 5.10 Å². The predicted molar refractivity (Wildman–Crippen MR) is 52.1 cm³/mol. The van der Waals surface area contributed by atoms with Gasteiger partial charge in [0.05, 0.1) is 0 Å². The summed E-state index contributed by atoms with van der Waals surface area (Å²) in [6, 6.07) is 9.87. The molecule has 0 aliphatic rings. The average Bonchev–Trinajstić information content (AvgIpc) is 2.49. The Hall–Kier alpha value is 0.216. The first-order chi connectivity index (χ1) is 6.29. The van der Waals surface area contributed by atoms with Crippen LogP contribution in [0.1, 0.15) is 0 Å². The minimum absolute atomic E-state index is 0. The summed E-state index contributed by atoms with van der Waals surface area (Å²) in [4.78, 5) is 0. The number of aromatic nitrogens is 3. The molecule has 0 saturated heterocycles. The van der Waals surface area contributed by atoms with Gasteiger partial charge in [0.1, 0.15) is 0 Å². The molecule has 0 atom stereocenters. The molecule has 0 aliphatic heterocycles. The van der Waals surface area contributed by atoms with Crippen LogP contribution in [0.4, 0.5) is 0 Å². The smallest absolute Gasteiger partial charge is 0.740 e. The van der Waals surface area contributed by atoms with Gasteiger partial charge in [0, 0.05) is 17.8 Å². The molecule has 0 fully saturated rings. The maximum atomic E-state index is 4.96. The van der Waals surface area contributed by atoms with E-state index in [1.807, 2.05) is 37.4 Å². The van der Waals surface area contributed by atoms with Crippen LogP contribution in [0, 0.1) is 0 Å². The van der Waals surface area contributed by atoms with Crippen LogP contribution in [0.5, 0.6) is 0 Å². The predicted octanol–water partition coefficient (Wildman–Crippen LogP) is -1.61. The molecule has 14 heavy (non-hydrogen) atoms. The molecule has 2 rings (SSSR count). The van der Waals surface area contributed by atoms with Crippen molar-refractivity contribution in [1.82, 2.24) is 14.8 Å². The summed E-state index contributed by atoms with van der Waals surface area (Å²) < 4.78 is 1.80. The fraction of sp³-hybridized carbons (Fsp3) is 0.111. The summed E-state index contributed by atoms with van der Waals surface area (Å²) in [5, 5.41) is 8.33. The van der Waals surface area contributed by atoms with Gasteiger partial charge in [-0.05, 0) is 0 Å². The SMILES string of the molecule is Cn1c([S-])nnc1-c1ccccc1.[K+]. The van der Waals surface area contributed by atoms with E-state index in [-0.39, 0.29) is 51.4 Å². The Bertz CT molecular complexity index is 413. The number of hydrogen-bond donors (Lipinski definition) is 0. The normalized spacial score (nSPS) is 9.50. The van der Waals surface area contributed by atoms with Crippen molar-refractivity contribution in [1.29, 1.82) is 0 Å². The minimum atomic E-state index is 0. The second-order valence-corrected chi connectivity index (χ2v) is 3.10. The first kappa shape index (κ1) is 12.3. The first-order valence-electron chi connectivity index (χ1n) is 3.91. The van der Waals surface area contributed by atoms with Gasteiger partial charge >= 0.3 is 51.4 Å². The second kappa shape index (κ2) is 5.34. The quantitative estimate of drug-likeness (QED) is 0.435. The number of rotatable bonds is 1. The van der Waals surface area contributed by atoms with Crippen LogP contribution in [0.3, 0.4) is 0 Å². The van der Waals surface area contributed by atoms with E-state index in [0.29, 0.717) is 5.16 Å². The second-order valence-electron chi connectivity index (χ2n) is 2.73. The number of benzene rings is 1. The third-order valence-corrected chi connectivity index (χ3v) is 2.22. The van der Waals surface area contributed by atoms with Crippen LogP contribution in [-0.2, 0) is 19.7 Å². The Labute approximate surface area is 131 Å². The third kappa shape index (κ3) is 2.42. The summed E-state index contributed by atoms with van der Waals surface area (Å²) in [5.41, 5.74) is 1.04. The van der Waals surface area contributed by atoms with E-state index >= 15 is 0 Å². The molecule has 0 radical (unpaired) electrons. The van der Waals surface area contributed by atoms with Gasteiger partial charge < -0.3 is 17.2 Å². The largest absolute Gasteiger partial charge is 1.00 e. The molecule has 0 amide bonds. The van der Waals surface area contributed by atoms with Crippen molar-refractivity contribution in [3.05, 3.63) is 30.3 Å². The molecule has 3 nitrogen and oxygen atoms in total. The summed E-state index contributed by atoms with van der Waals surface area (Å²) >= 11 is 4.96. The standard InChI is InChI=1S/C9H9N3S.K/c1-12-8(10-11-9(12)13)7-5-3-2-4-6-7;/h2-6H,1H3,(H,11,13);/q;+1/p-1. The van der Waals surface area contributed by atoms with Crippen molar-refractivity contribution in [2.24, 2.45) is 7.05 Å². The van der Waals surface area contributed by atoms with Crippen LogP contribution >= 0.6 is 0 Å². The van der Waals surface area contributed by atoms with Crippen LogP contribution < -0.4 is 51.4 Å². The van der Waals surface area contributed by atoms with Crippen molar-refractivity contribution in [2.75, 3.05) is 0 Å². The fourth-order valence-corrected chi connectivity index (χ4v) is 1.28. The average molecular weight is 229 g/mol. The van der Waals surface area contributed by atoms with Crippen molar-refractivity contribution in [3.63, 3.8) is 0 Å². The minimum Gasteiger partial charge on any atom is -0.740 e. The maximum absolute atomic E-state index is 4.96. The maximum Gasteiger partial charge on any atom is 1.00 e. The van der Waals surface area contributed by atoms with Crippen LogP contribution in [0.15, 0.2) is 35.5 Å². The molecule has 0 N–H and O–H groups in total. The van der Waals surface area contributed by atoms with Crippen molar-refractivity contribution in [2.45, 2.75) is 5.16 Å². The van der Waals surface area contributed by atoms with E-state index < -0.39 is 0 Å². The molecule has 1 aromatic carbocycles. The molecule has 0 bridgehead atoms. The van der Waals surface area contributed by atoms with Gasteiger partial charge in [-0.1, -0.05) is 30.3 Å². The summed E-state index contributed by atoms with van der Waals surface area (Å²) in [5.74, 6) is 0.811. The zero-order chi connectivity index (χ0) is 9.26. The monoisotopic (exact) mass is 229 g/mol. The van der Waals surface area contributed by atoms with Crippen molar-refractivity contribution < 1.29 is 51.4 Å². The van der Waals surface area contributed by atoms with E-state index in [1.165, 1.54) is 0 Å². The van der Waals surface area contributed by atoms with Gasteiger partial charge in [-0.2, -0.15) is 5.10 Å². The zero-order valence-corrected chi connectivity index (χ0v) is 12.1. The van der Waals surface area contributed by atoms with E-state index in [0.717, 1.165) is 11.4 Å². The molecule has 66 valence electrons. The first-order valence-corrected chi connectivity index (χ1v) is 4.31. The Morgan fingerprint density at radius 2 is 1.79 bits per heavy atom. The summed E-state index contributed by atoms with van der Waals surface area (Å²) in [7, 11) is 1.87. The van der Waals surface area contributed by atoms with Gasteiger partial charge in [0.2, 0.25) is 0 Å².